The number of amides is 2. The van der Waals surface area contributed by atoms with Crippen LogP contribution < -0.4 is 0 Å². The molecule has 2 amide bonds. The summed E-state index contributed by atoms with van der Waals surface area (Å²) in [6, 6.07) is -0.207. The lowest BCUT2D eigenvalue weighted by Gasteiger charge is -2.44. The molecule has 3 fully saturated rings. The van der Waals surface area contributed by atoms with Crippen molar-refractivity contribution in [2.45, 2.75) is 76.0 Å². The number of nitrogens with zero attached hydrogens (tertiary/aromatic N) is 2. The third-order valence-corrected chi connectivity index (χ3v) is 6.97. The molecule has 2 saturated carbocycles. The van der Waals surface area contributed by atoms with Crippen LogP contribution in [-0.4, -0.2) is 86.1 Å². The van der Waals surface area contributed by atoms with E-state index in [4.69, 9.17) is 9.47 Å². The highest BCUT2D eigenvalue weighted by Gasteiger charge is 2.42. The molecule has 0 radical (unpaired) electrons. The fourth-order valence-electron chi connectivity index (χ4n) is 5.08. The second kappa shape index (κ2) is 9.69. The second-order valence-electron chi connectivity index (χ2n) is 8.75. The van der Waals surface area contributed by atoms with E-state index in [0.717, 1.165) is 0 Å². The van der Waals surface area contributed by atoms with Crippen LogP contribution in [0.1, 0.15) is 45.4 Å². The zero-order valence-corrected chi connectivity index (χ0v) is 17.7. The molecule has 3 aliphatic rings. The van der Waals surface area contributed by atoms with Gasteiger partial charge in [-0.1, -0.05) is 0 Å². The molecule has 29 heavy (non-hydrogen) atoms. The Labute approximate surface area is 171 Å². The predicted octanol–water partition coefficient (Wildman–Crippen LogP) is 2.35. The van der Waals surface area contributed by atoms with E-state index in [1.54, 1.807) is 24.0 Å². The molecule has 1 heterocycles. The van der Waals surface area contributed by atoms with Crippen molar-refractivity contribution in [1.29, 1.82) is 0 Å². The molecule has 7 atom stereocenters. The highest BCUT2D eigenvalue weighted by atomic mass is 19.1. The molecule has 0 aromatic carbocycles. The van der Waals surface area contributed by atoms with Gasteiger partial charge in [-0.3, -0.25) is 9.59 Å². The van der Waals surface area contributed by atoms with Gasteiger partial charge in [-0.2, -0.15) is 0 Å². The summed E-state index contributed by atoms with van der Waals surface area (Å²) in [5.41, 5.74) is 0. The average Bonchev–Trinajstić information content (AvgIpc) is 2.72. The monoisotopic (exact) mass is 416 g/mol. The number of methoxy groups -OCH3 is 2. The van der Waals surface area contributed by atoms with Gasteiger partial charge in [0, 0.05) is 52.7 Å². The molecule has 8 heteroatoms. The number of piperazine rings is 1. The van der Waals surface area contributed by atoms with Crippen LogP contribution in [0.4, 0.5) is 8.78 Å². The molecular weight excluding hydrogens is 382 g/mol. The first-order valence-electron chi connectivity index (χ1n) is 10.8. The SMILES string of the molecule is COC1CCC(C(=O)N2CCN(C(=O)C3CCC(OC)CC3F)C(C)C2)C(F)C1. The summed E-state index contributed by atoms with van der Waals surface area (Å²) in [5, 5.41) is 0. The molecule has 3 rings (SSSR count). The fraction of sp³-hybridized carbons (Fsp3) is 0.905. The zero-order chi connectivity index (χ0) is 21.1. The van der Waals surface area contributed by atoms with Gasteiger partial charge < -0.3 is 19.3 Å². The molecule has 0 N–H and O–H groups in total. The van der Waals surface area contributed by atoms with Crippen LogP contribution in [0.25, 0.3) is 0 Å². The highest BCUT2D eigenvalue weighted by Crippen LogP contribution is 2.33. The first-order valence-corrected chi connectivity index (χ1v) is 10.8. The van der Waals surface area contributed by atoms with Gasteiger partial charge in [0.1, 0.15) is 12.3 Å². The van der Waals surface area contributed by atoms with Gasteiger partial charge in [0.05, 0.1) is 24.0 Å². The number of ether oxygens (including phenoxy) is 2. The highest BCUT2D eigenvalue weighted by molar-refractivity contribution is 5.82. The Bertz CT molecular complexity index is 593. The Hall–Kier alpha value is -1.28. The Morgan fingerprint density at radius 1 is 0.828 bits per heavy atom. The minimum atomic E-state index is -1.20. The molecule has 2 aliphatic carbocycles. The molecule has 0 aromatic heterocycles. The number of alkyl halides is 2. The second-order valence-corrected chi connectivity index (χ2v) is 8.75. The molecular formula is C21H34F2N2O4. The summed E-state index contributed by atoms with van der Waals surface area (Å²) in [6.07, 6.45) is 0.202. The predicted molar refractivity (Wildman–Crippen MR) is 104 cm³/mol. The van der Waals surface area contributed by atoms with Crippen LogP contribution in [0.5, 0.6) is 0 Å². The molecule has 1 saturated heterocycles. The number of carbonyl (C=O) groups is 2. The largest absolute Gasteiger partial charge is 0.381 e. The molecule has 0 spiro atoms. The van der Waals surface area contributed by atoms with Crippen LogP contribution in [-0.2, 0) is 19.1 Å². The summed E-state index contributed by atoms with van der Waals surface area (Å²) >= 11 is 0. The van der Waals surface area contributed by atoms with Crippen molar-refractivity contribution in [3.8, 4) is 0 Å². The Balaban J connectivity index is 1.55. The number of rotatable bonds is 4. The summed E-state index contributed by atoms with van der Waals surface area (Å²) in [6.45, 7) is 2.98. The fourth-order valence-corrected chi connectivity index (χ4v) is 5.08. The van der Waals surface area contributed by atoms with Gasteiger partial charge in [0.2, 0.25) is 11.8 Å². The smallest absolute Gasteiger partial charge is 0.228 e. The molecule has 0 aromatic rings. The van der Waals surface area contributed by atoms with Gasteiger partial charge >= 0.3 is 0 Å². The number of hydrogen-bond acceptors (Lipinski definition) is 4. The van der Waals surface area contributed by atoms with E-state index < -0.39 is 24.2 Å². The Morgan fingerprint density at radius 2 is 1.34 bits per heavy atom. The van der Waals surface area contributed by atoms with Gasteiger partial charge in [0.25, 0.3) is 0 Å². The van der Waals surface area contributed by atoms with E-state index in [-0.39, 0.29) is 42.9 Å². The van der Waals surface area contributed by atoms with Crippen LogP contribution in [0.2, 0.25) is 0 Å². The molecule has 1 aliphatic heterocycles. The first-order chi connectivity index (χ1) is 13.8. The number of halogens is 2. The van der Waals surface area contributed by atoms with Crippen LogP contribution in [0.3, 0.4) is 0 Å². The zero-order valence-electron chi connectivity index (χ0n) is 17.7. The van der Waals surface area contributed by atoms with Crippen molar-refractivity contribution in [2.24, 2.45) is 11.8 Å². The van der Waals surface area contributed by atoms with E-state index in [1.807, 2.05) is 6.92 Å². The number of carbonyl (C=O) groups excluding carboxylic acids is 2. The van der Waals surface area contributed by atoms with Gasteiger partial charge in [-0.15, -0.1) is 0 Å². The maximum Gasteiger partial charge on any atom is 0.228 e. The van der Waals surface area contributed by atoms with Crippen LogP contribution in [0.15, 0.2) is 0 Å². The summed E-state index contributed by atoms with van der Waals surface area (Å²) in [5.74, 6) is -1.60. The molecule has 166 valence electrons. The standard InChI is InChI=1S/C21H34F2N2O4/c1-13-12-24(20(26)16-6-4-14(28-2)10-18(16)22)8-9-25(13)21(27)17-7-5-15(29-3)11-19(17)23/h13-19H,4-12H2,1-3H3. The third kappa shape index (κ3) is 4.90. The van der Waals surface area contributed by atoms with E-state index in [0.29, 0.717) is 45.3 Å². The van der Waals surface area contributed by atoms with Gasteiger partial charge in [-0.25, -0.2) is 8.78 Å². The minimum absolute atomic E-state index is 0.121. The minimum Gasteiger partial charge on any atom is -0.381 e. The molecule has 6 nitrogen and oxygen atoms in total. The Kier molecular flexibility index (Phi) is 7.48. The molecule has 7 unspecified atom stereocenters. The lowest BCUT2D eigenvalue weighted by atomic mass is 9.83. The van der Waals surface area contributed by atoms with E-state index in [1.165, 1.54) is 0 Å². The summed E-state index contributed by atoms with van der Waals surface area (Å²) in [4.78, 5) is 29.2. The normalized spacial score (nSPS) is 38.7. The van der Waals surface area contributed by atoms with Crippen molar-refractivity contribution in [3.05, 3.63) is 0 Å². The lowest BCUT2D eigenvalue weighted by Crippen LogP contribution is -2.59. The van der Waals surface area contributed by atoms with Crippen LogP contribution in [0, 0.1) is 11.8 Å². The topological polar surface area (TPSA) is 59.1 Å². The molecule has 0 bridgehead atoms. The van der Waals surface area contributed by atoms with Crippen molar-refractivity contribution in [1.82, 2.24) is 9.80 Å². The van der Waals surface area contributed by atoms with Gasteiger partial charge in [-0.05, 0) is 32.6 Å². The van der Waals surface area contributed by atoms with E-state index in [9.17, 15) is 18.4 Å². The summed E-state index contributed by atoms with van der Waals surface area (Å²) in [7, 11) is 3.14. The first kappa shape index (κ1) is 22.4. The van der Waals surface area contributed by atoms with Gasteiger partial charge in [0.15, 0.2) is 0 Å². The van der Waals surface area contributed by atoms with Crippen molar-refractivity contribution in [2.75, 3.05) is 33.9 Å². The quantitative estimate of drug-likeness (QED) is 0.706. The Morgan fingerprint density at radius 3 is 1.79 bits per heavy atom. The maximum absolute atomic E-state index is 14.5. The maximum atomic E-state index is 14.5. The van der Waals surface area contributed by atoms with Crippen LogP contribution >= 0.6 is 0 Å². The lowest BCUT2D eigenvalue weighted by molar-refractivity contribution is -0.152. The van der Waals surface area contributed by atoms with Crippen molar-refractivity contribution in [3.63, 3.8) is 0 Å². The number of hydrogen-bond donors (Lipinski definition) is 0. The average molecular weight is 417 g/mol. The van der Waals surface area contributed by atoms with Crippen molar-refractivity contribution >= 4 is 11.8 Å². The van der Waals surface area contributed by atoms with E-state index >= 15 is 0 Å². The summed E-state index contributed by atoms with van der Waals surface area (Å²) < 4.78 is 39.5. The van der Waals surface area contributed by atoms with E-state index in [2.05, 4.69) is 0 Å². The third-order valence-electron chi connectivity index (χ3n) is 6.97. The van der Waals surface area contributed by atoms with Crippen molar-refractivity contribution < 1.29 is 27.8 Å².